The minimum absolute atomic E-state index is 0.0168. The van der Waals surface area contributed by atoms with Crippen molar-refractivity contribution in [2.24, 2.45) is 11.7 Å². The number of hydrogen-bond acceptors (Lipinski definition) is 13. The SMILES string of the molecule is CC(C)[C@H](N)C(=O)O[C@@H]1[C@@H](CO[P@@]2(=O)OCC[C@@H](c3cccc(Cl)c3)O2)O[C@@H](n2cnc3c(=O)[nH]c(N)nc32)[C@]1(C)O. The summed E-state index contributed by atoms with van der Waals surface area (Å²) in [5.74, 6) is -1.25. The number of phosphoric ester groups is 1. The summed E-state index contributed by atoms with van der Waals surface area (Å²) in [6.45, 7) is 4.44. The number of anilines is 1. The van der Waals surface area contributed by atoms with Crippen molar-refractivity contribution < 1.29 is 37.5 Å². The molecule has 4 heterocycles. The van der Waals surface area contributed by atoms with Gasteiger partial charge in [-0.2, -0.15) is 4.98 Å². The number of nitrogens with zero attached hydrogens (tertiary/aromatic N) is 3. The summed E-state index contributed by atoms with van der Waals surface area (Å²) < 4.78 is 43.3. The molecule has 0 unspecified atom stereocenters. The van der Waals surface area contributed by atoms with E-state index in [2.05, 4.69) is 15.0 Å². The maximum Gasteiger partial charge on any atom is 0.475 e. The quantitative estimate of drug-likeness (QED) is 0.208. The maximum atomic E-state index is 13.5. The van der Waals surface area contributed by atoms with E-state index >= 15 is 0 Å². The second-order valence-electron chi connectivity index (χ2n) is 10.7. The zero-order valence-corrected chi connectivity index (χ0v) is 24.7. The summed E-state index contributed by atoms with van der Waals surface area (Å²) in [7, 11) is -4.14. The number of nitrogens with two attached hydrogens (primary N) is 2. The number of carbonyl (C=O) groups excluding carboxylic acids is 1. The lowest BCUT2D eigenvalue weighted by Gasteiger charge is -2.32. The monoisotopic (exact) mass is 626 g/mol. The van der Waals surface area contributed by atoms with E-state index in [1.54, 1.807) is 38.1 Å². The molecule has 7 atom stereocenters. The molecule has 2 aromatic heterocycles. The number of phosphoric acid groups is 1. The highest BCUT2D eigenvalue weighted by Crippen LogP contribution is 2.57. The fraction of sp³-hybridized carbons (Fsp3) is 0.520. The molecule has 0 aliphatic carbocycles. The van der Waals surface area contributed by atoms with Crippen molar-refractivity contribution in [2.75, 3.05) is 18.9 Å². The van der Waals surface area contributed by atoms with Crippen molar-refractivity contribution in [2.45, 2.75) is 63.4 Å². The number of aromatic nitrogens is 4. The van der Waals surface area contributed by atoms with E-state index in [1.807, 2.05) is 0 Å². The number of fused-ring (bicyclic) bond motifs is 1. The Balaban J connectivity index is 1.42. The Labute approximate surface area is 245 Å². The van der Waals surface area contributed by atoms with E-state index in [9.17, 15) is 19.3 Å². The van der Waals surface area contributed by atoms with Crippen LogP contribution in [0.15, 0.2) is 35.4 Å². The predicted octanol–water partition coefficient (Wildman–Crippen LogP) is 2.20. The van der Waals surface area contributed by atoms with Crippen molar-refractivity contribution in [3.8, 4) is 0 Å². The lowest BCUT2D eigenvalue weighted by Crippen LogP contribution is -2.50. The number of nitrogen functional groups attached to an aromatic ring is 1. The molecule has 0 spiro atoms. The summed E-state index contributed by atoms with van der Waals surface area (Å²) in [5, 5.41) is 12.2. The van der Waals surface area contributed by atoms with Gasteiger partial charge in [0.25, 0.3) is 5.56 Å². The van der Waals surface area contributed by atoms with E-state index in [0.717, 1.165) is 0 Å². The molecule has 2 fully saturated rings. The third-order valence-corrected chi connectivity index (χ3v) is 8.87. The fourth-order valence-corrected chi connectivity index (χ4v) is 6.42. The Hall–Kier alpha value is -2.88. The number of hydrogen-bond donors (Lipinski definition) is 4. The molecular weight excluding hydrogens is 595 g/mol. The first-order valence-corrected chi connectivity index (χ1v) is 15.0. The number of imidazole rings is 1. The van der Waals surface area contributed by atoms with Gasteiger partial charge in [-0.3, -0.25) is 32.7 Å². The maximum absolute atomic E-state index is 13.5. The third kappa shape index (κ3) is 5.96. The van der Waals surface area contributed by atoms with E-state index in [0.29, 0.717) is 17.0 Å². The molecule has 228 valence electrons. The van der Waals surface area contributed by atoms with Crippen molar-refractivity contribution in [1.82, 2.24) is 19.5 Å². The molecule has 17 heteroatoms. The van der Waals surface area contributed by atoms with Crippen LogP contribution in [0.1, 0.15) is 45.1 Å². The molecular formula is C25H32ClN6O9P. The van der Waals surface area contributed by atoms with E-state index in [1.165, 1.54) is 17.8 Å². The van der Waals surface area contributed by atoms with Crippen LogP contribution in [0.25, 0.3) is 11.2 Å². The molecule has 3 aromatic rings. The average Bonchev–Trinajstić information content (AvgIpc) is 3.45. The summed E-state index contributed by atoms with van der Waals surface area (Å²) in [6, 6.07) is 5.92. The number of rotatable bonds is 8. The average molecular weight is 627 g/mol. The number of H-pyrrole nitrogens is 1. The minimum Gasteiger partial charge on any atom is -0.455 e. The number of aromatic amines is 1. The fourth-order valence-electron chi connectivity index (χ4n) is 4.83. The number of esters is 1. The topological polar surface area (TPSA) is 216 Å². The number of aliphatic hydroxyl groups is 1. The predicted molar refractivity (Wildman–Crippen MR) is 149 cm³/mol. The molecule has 0 radical (unpaired) electrons. The van der Waals surface area contributed by atoms with E-state index < -0.39 is 62.1 Å². The molecule has 0 saturated carbocycles. The Morgan fingerprint density at radius 3 is 2.88 bits per heavy atom. The second kappa shape index (κ2) is 11.7. The van der Waals surface area contributed by atoms with Crippen LogP contribution >= 0.6 is 19.4 Å². The molecule has 15 nitrogen and oxygen atoms in total. The first-order chi connectivity index (χ1) is 19.8. The van der Waals surface area contributed by atoms with Gasteiger partial charge in [-0.05, 0) is 30.5 Å². The highest BCUT2D eigenvalue weighted by molar-refractivity contribution is 7.48. The van der Waals surface area contributed by atoms with Gasteiger partial charge in [-0.15, -0.1) is 0 Å². The van der Waals surface area contributed by atoms with Crippen LogP contribution < -0.4 is 17.0 Å². The largest absolute Gasteiger partial charge is 0.475 e. The van der Waals surface area contributed by atoms with E-state index in [-0.39, 0.29) is 29.6 Å². The Kier molecular flexibility index (Phi) is 8.49. The lowest BCUT2D eigenvalue weighted by atomic mass is 9.95. The second-order valence-corrected chi connectivity index (χ2v) is 12.7. The zero-order chi connectivity index (χ0) is 30.4. The van der Waals surface area contributed by atoms with Crippen LogP contribution in [0, 0.1) is 5.92 Å². The standard InChI is InChI=1S/C25H32ClN6O9P/c1-12(2)17(27)22(34)40-19-16(10-38-42(36)37-8-7-15(41-42)13-5-4-6-14(26)9-13)39-23(25(19,3)35)32-11-29-18-20(32)30-24(28)31-21(18)33/h4-6,9,11-12,15-17,19,23,35H,7-8,10,27H2,1-3H3,(H3,28,30,31,33)/t15-,16+,17-,19+,23+,25+,42+/m0/s1. The van der Waals surface area contributed by atoms with Crippen LogP contribution in [0.3, 0.4) is 0 Å². The van der Waals surface area contributed by atoms with Gasteiger partial charge >= 0.3 is 13.8 Å². The Bertz CT molecular complexity index is 1580. The summed E-state index contributed by atoms with van der Waals surface area (Å²) in [4.78, 5) is 35.8. The molecule has 2 aliphatic rings. The number of ether oxygens (including phenoxy) is 2. The van der Waals surface area contributed by atoms with Crippen LogP contribution in [0.5, 0.6) is 0 Å². The molecule has 0 amide bonds. The molecule has 2 aliphatic heterocycles. The summed E-state index contributed by atoms with van der Waals surface area (Å²) in [5.41, 5.74) is 9.84. The summed E-state index contributed by atoms with van der Waals surface area (Å²) >= 11 is 6.10. The number of carbonyl (C=O) groups is 1. The van der Waals surface area contributed by atoms with Gasteiger partial charge in [-0.1, -0.05) is 37.6 Å². The number of halogens is 1. The van der Waals surface area contributed by atoms with Crippen LogP contribution in [-0.4, -0.2) is 67.7 Å². The lowest BCUT2D eigenvalue weighted by molar-refractivity contribution is -0.166. The van der Waals surface area contributed by atoms with Gasteiger partial charge in [0.05, 0.1) is 25.6 Å². The zero-order valence-electron chi connectivity index (χ0n) is 23.0. The normalized spacial score (nSPS) is 30.5. The number of benzene rings is 1. The van der Waals surface area contributed by atoms with Gasteiger partial charge < -0.3 is 26.0 Å². The van der Waals surface area contributed by atoms with E-state index in [4.69, 9.17) is 46.1 Å². The molecule has 0 bridgehead atoms. The molecule has 1 aromatic carbocycles. The minimum atomic E-state index is -4.14. The van der Waals surface area contributed by atoms with Crippen molar-refractivity contribution >= 4 is 42.5 Å². The molecule has 5 rings (SSSR count). The van der Waals surface area contributed by atoms with Crippen molar-refractivity contribution in [1.29, 1.82) is 0 Å². The first-order valence-electron chi connectivity index (χ1n) is 13.2. The molecule has 2 saturated heterocycles. The smallest absolute Gasteiger partial charge is 0.455 e. The Morgan fingerprint density at radius 1 is 1.40 bits per heavy atom. The number of nitrogens with one attached hydrogen (secondary N) is 1. The highest BCUT2D eigenvalue weighted by atomic mass is 35.5. The van der Waals surface area contributed by atoms with Gasteiger partial charge in [0.2, 0.25) is 5.95 Å². The highest BCUT2D eigenvalue weighted by Gasteiger charge is 2.57. The molecule has 42 heavy (non-hydrogen) atoms. The first kappa shape index (κ1) is 30.6. The Morgan fingerprint density at radius 2 is 2.17 bits per heavy atom. The van der Waals surface area contributed by atoms with Crippen LogP contribution in [0.2, 0.25) is 5.02 Å². The van der Waals surface area contributed by atoms with Gasteiger partial charge in [0, 0.05) is 11.4 Å². The van der Waals surface area contributed by atoms with Gasteiger partial charge in [0.15, 0.2) is 23.5 Å². The van der Waals surface area contributed by atoms with Crippen molar-refractivity contribution in [3.05, 3.63) is 51.5 Å². The van der Waals surface area contributed by atoms with Crippen LogP contribution in [0.4, 0.5) is 5.95 Å². The third-order valence-electron chi connectivity index (χ3n) is 7.16. The van der Waals surface area contributed by atoms with Gasteiger partial charge in [0.1, 0.15) is 17.7 Å². The summed E-state index contributed by atoms with van der Waals surface area (Å²) in [6.07, 6.45) is -2.86. The van der Waals surface area contributed by atoms with Crippen molar-refractivity contribution in [3.63, 3.8) is 0 Å². The van der Waals surface area contributed by atoms with Gasteiger partial charge in [-0.25, -0.2) is 9.55 Å². The van der Waals surface area contributed by atoms with Crippen LogP contribution in [-0.2, 0) is 32.4 Å². The molecule has 6 N–H and O–H groups in total.